The third-order valence-electron chi connectivity index (χ3n) is 7.43. The minimum atomic E-state index is -0.617. The molecule has 2 atom stereocenters. The number of nitrogens with zero attached hydrogens (tertiary/aromatic N) is 1. The molecule has 3 aromatic carbocycles. The van der Waals surface area contributed by atoms with Gasteiger partial charge in [0.1, 0.15) is 11.6 Å². The number of hydrogen-bond acceptors (Lipinski definition) is 4. The lowest BCUT2D eigenvalue weighted by atomic mass is 9.78. The van der Waals surface area contributed by atoms with Gasteiger partial charge in [0.15, 0.2) is 5.78 Å². The van der Waals surface area contributed by atoms with Gasteiger partial charge in [-0.15, -0.1) is 0 Å². The van der Waals surface area contributed by atoms with Crippen LogP contribution in [0.2, 0.25) is 0 Å². The number of nitrogens with one attached hydrogen (secondary N) is 1. The number of carbonyl (C=O) groups excluding carboxylic acids is 2. The molecule has 182 valence electrons. The van der Waals surface area contributed by atoms with Gasteiger partial charge in [0.2, 0.25) is 5.91 Å². The second kappa shape index (κ2) is 8.94. The summed E-state index contributed by atoms with van der Waals surface area (Å²) in [6.07, 6.45) is 2.66. The van der Waals surface area contributed by atoms with E-state index < -0.39 is 6.04 Å². The molecule has 6 heteroatoms. The molecule has 3 aliphatic rings. The highest BCUT2D eigenvalue weighted by molar-refractivity contribution is 6.07. The Balaban J connectivity index is 1.50. The predicted molar refractivity (Wildman–Crippen MR) is 136 cm³/mol. The third-order valence-corrected chi connectivity index (χ3v) is 7.43. The Labute approximate surface area is 209 Å². The Morgan fingerprint density at radius 3 is 2.33 bits per heavy atom. The zero-order valence-electron chi connectivity index (χ0n) is 20.0. The number of rotatable bonds is 4. The Morgan fingerprint density at radius 2 is 1.64 bits per heavy atom. The summed E-state index contributed by atoms with van der Waals surface area (Å²) in [5.74, 6) is 0.385. The number of Topliss-reactive ketones (excluding diaryl/α,β-unsaturated/α-hetero) is 1. The molecule has 1 aliphatic heterocycles. The van der Waals surface area contributed by atoms with Crippen molar-refractivity contribution < 1.29 is 18.7 Å². The van der Waals surface area contributed by atoms with E-state index in [0.717, 1.165) is 46.8 Å². The Hall–Kier alpha value is -3.93. The molecule has 1 amide bonds. The van der Waals surface area contributed by atoms with Crippen LogP contribution in [-0.4, -0.2) is 18.8 Å². The van der Waals surface area contributed by atoms with Gasteiger partial charge in [-0.25, -0.2) is 4.39 Å². The van der Waals surface area contributed by atoms with Crippen LogP contribution in [-0.2, 0) is 9.59 Å². The molecular weight excluding hydrogens is 455 g/mol. The number of ether oxygens (including phenoxy) is 1. The zero-order valence-corrected chi connectivity index (χ0v) is 20.0. The number of fused-ring (bicyclic) bond motifs is 1. The summed E-state index contributed by atoms with van der Waals surface area (Å²) in [6.45, 7) is 0. The van der Waals surface area contributed by atoms with Gasteiger partial charge in [-0.1, -0.05) is 36.4 Å². The van der Waals surface area contributed by atoms with E-state index in [0.29, 0.717) is 18.4 Å². The first-order valence-corrected chi connectivity index (χ1v) is 12.4. The minimum Gasteiger partial charge on any atom is -0.497 e. The number of allylic oxidation sites excluding steroid dienone is 1. The summed E-state index contributed by atoms with van der Waals surface area (Å²) in [4.78, 5) is 29.4. The fourth-order valence-electron chi connectivity index (χ4n) is 5.43. The Bertz CT molecular complexity index is 1360. The molecule has 1 saturated carbocycles. The number of para-hydroxylation sites is 2. The quantitative estimate of drug-likeness (QED) is 0.485. The molecule has 1 fully saturated rings. The van der Waals surface area contributed by atoms with Crippen molar-refractivity contribution in [2.24, 2.45) is 5.92 Å². The fraction of sp³-hybridized carbons (Fsp3) is 0.267. The fourth-order valence-corrected chi connectivity index (χ4v) is 5.43. The smallest absolute Gasteiger partial charge is 0.231 e. The summed E-state index contributed by atoms with van der Waals surface area (Å²) in [5.41, 5.74) is 4.75. The number of benzene rings is 3. The largest absolute Gasteiger partial charge is 0.497 e. The van der Waals surface area contributed by atoms with Crippen molar-refractivity contribution in [1.29, 1.82) is 0 Å². The van der Waals surface area contributed by atoms with Crippen LogP contribution in [0, 0.1) is 11.7 Å². The number of ketones is 1. The zero-order chi connectivity index (χ0) is 24.8. The Kier molecular flexibility index (Phi) is 5.59. The number of methoxy groups -OCH3 is 1. The topological polar surface area (TPSA) is 58.6 Å². The lowest BCUT2D eigenvalue weighted by Crippen LogP contribution is -2.39. The van der Waals surface area contributed by atoms with E-state index in [9.17, 15) is 14.0 Å². The Morgan fingerprint density at radius 1 is 0.944 bits per heavy atom. The highest BCUT2D eigenvalue weighted by Crippen LogP contribution is 2.49. The molecule has 1 heterocycles. The predicted octanol–water partition coefficient (Wildman–Crippen LogP) is 6.14. The van der Waals surface area contributed by atoms with Crippen molar-refractivity contribution in [3.63, 3.8) is 0 Å². The summed E-state index contributed by atoms with van der Waals surface area (Å²) in [7, 11) is 1.63. The summed E-state index contributed by atoms with van der Waals surface area (Å²) in [6, 6.07) is 21.1. The van der Waals surface area contributed by atoms with Crippen molar-refractivity contribution in [3.8, 4) is 5.75 Å². The number of carbonyl (C=O) groups is 2. The summed E-state index contributed by atoms with van der Waals surface area (Å²) < 4.78 is 19.2. The molecule has 6 rings (SSSR count). The maximum absolute atomic E-state index is 13.9. The molecule has 0 unspecified atom stereocenters. The van der Waals surface area contributed by atoms with Crippen molar-refractivity contribution in [2.75, 3.05) is 17.3 Å². The van der Waals surface area contributed by atoms with Gasteiger partial charge in [-0.2, -0.15) is 0 Å². The van der Waals surface area contributed by atoms with E-state index in [1.54, 1.807) is 24.1 Å². The number of halogens is 1. The number of amides is 1. The molecule has 0 saturated heterocycles. The van der Waals surface area contributed by atoms with Gasteiger partial charge in [0.25, 0.3) is 0 Å². The molecule has 0 aromatic heterocycles. The monoisotopic (exact) mass is 482 g/mol. The highest BCUT2D eigenvalue weighted by Gasteiger charge is 2.44. The van der Waals surface area contributed by atoms with E-state index in [4.69, 9.17) is 4.74 Å². The SMILES string of the molecule is COc1ccc([C@@H]2CC(=O)C3=C(C2)Nc2ccccc2N(C(=O)C2CC2)[C@@H]3c2ccc(F)cc2)cc1. The molecule has 0 bridgehead atoms. The molecule has 3 aromatic rings. The first-order valence-electron chi connectivity index (χ1n) is 12.4. The van der Waals surface area contributed by atoms with Gasteiger partial charge in [-0.05, 0) is 72.7 Å². The van der Waals surface area contributed by atoms with Crippen LogP contribution < -0.4 is 15.0 Å². The molecular formula is C30H27FN2O3. The van der Waals surface area contributed by atoms with Crippen LogP contribution in [0.25, 0.3) is 0 Å². The van der Waals surface area contributed by atoms with E-state index in [1.807, 2.05) is 48.5 Å². The maximum atomic E-state index is 13.9. The molecule has 0 spiro atoms. The van der Waals surface area contributed by atoms with Crippen LogP contribution in [0.1, 0.15) is 48.8 Å². The van der Waals surface area contributed by atoms with Gasteiger partial charge in [0.05, 0.1) is 24.5 Å². The third kappa shape index (κ3) is 3.96. The van der Waals surface area contributed by atoms with Crippen molar-refractivity contribution in [2.45, 2.75) is 37.6 Å². The van der Waals surface area contributed by atoms with Crippen molar-refractivity contribution in [1.82, 2.24) is 0 Å². The lowest BCUT2D eigenvalue weighted by Gasteiger charge is -2.35. The van der Waals surface area contributed by atoms with E-state index in [1.165, 1.54) is 12.1 Å². The minimum absolute atomic E-state index is 0.000274. The van der Waals surface area contributed by atoms with Crippen molar-refractivity contribution >= 4 is 23.1 Å². The van der Waals surface area contributed by atoms with Gasteiger partial charge in [-0.3, -0.25) is 14.5 Å². The standard InChI is InChI=1S/C30H27FN2O3/c1-36-23-14-10-18(11-15-23)21-16-25-28(27(34)17-21)29(19-8-12-22(31)13-9-19)33(30(35)20-6-7-20)26-5-3-2-4-24(26)32-25/h2-5,8-15,20-21,29,32H,6-7,16-17H2,1H3/t21-,29+/m0/s1. The molecule has 1 N–H and O–H groups in total. The molecule has 5 nitrogen and oxygen atoms in total. The average molecular weight is 483 g/mol. The summed E-state index contributed by atoms with van der Waals surface area (Å²) in [5, 5.41) is 3.54. The molecule has 0 radical (unpaired) electrons. The lowest BCUT2D eigenvalue weighted by molar-refractivity contribution is -0.120. The van der Waals surface area contributed by atoms with Crippen LogP contribution >= 0.6 is 0 Å². The second-order valence-corrected chi connectivity index (χ2v) is 9.77. The molecule has 2 aliphatic carbocycles. The van der Waals surface area contributed by atoms with Gasteiger partial charge < -0.3 is 10.1 Å². The average Bonchev–Trinajstić information content (AvgIpc) is 3.75. The van der Waals surface area contributed by atoms with Crippen LogP contribution in [0.5, 0.6) is 5.75 Å². The van der Waals surface area contributed by atoms with Gasteiger partial charge in [0, 0.05) is 23.6 Å². The van der Waals surface area contributed by atoms with Gasteiger partial charge >= 0.3 is 0 Å². The van der Waals surface area contributed by atoms with Crippen LogP contribution in [0.4, 0.5) is 15.8 Å². The number of anilines is 2. The molecule has 36 heavy (non-hydrogen) atoms. The van der Waals surface area contributed by atoms with Crippen molar-refractivity contribution in [3.05, 3.63) is 101 Å². The van der Waals surface area contributed by atoms with Crippen LogP contribution in [0.3, 0.4) is 0 Å². The first-order chi connectivity index (χ1) is 17.5. The van der Waals surface area contributed by atoms with E-state index in [2.05, 4.69) is 5.32 Å². The van der Waals surface area contributed by atoms with E-state index >= 15 is 0 Å². The summed E-state index contributed by atoms with van der Waals surface area (Å²) >= 11 is 0. The normalized spacial score (nSPS) is 21.3. The second-order valence-electron chi connectivity index (χ2n) is 9.77. The highest BCUT2D eigenvalue weighted by atomic mass is 19.1. The first kappa shape index (κ1) is 22.5. The van der Waals surface area contributed by atoms with Crippen LogP contribution in [0.15, 0.2) is 84.1 Å². The maximum Gasteiger partial charge on any atom is 0.231 e. The van der Waals surface area contributed by atoms with E-state index in [-0.39, 0.29) is 29.3 Å². The number of hydrogen-bond donors (Lipinski definition) is 1.